The number of phenolic OH excluding ortho intramolecular Hbond substituents is 1. The fourth-order valence-corrected chi connectivity index (χ4v) is 3.99. The van der Waals surface area contributed by atoms with Crippen molar-refractivity contribution in [2.45, 2.75) is 78.8 Å². The highest BCUT2D eigenvalue weighted by molar-refractivity contribution is 5.84. The van der Waals surface area contributed by atoms with Crippen LogP contribution in [0, 0.1) is 11.3 Å². The van der Waals surface area contributed by atoms with E-state index < -0.39 is 12.0 Å². The number of aromatic hydroxyl groups is 1. The van der Waals surface area contributed by atoms with Crippen LogP contribution in [0.3, 0.4) is 0 Å². The molecule has 0 fully saturated rings. The van der Waals surface area contributed by atoms with E-state index in [-0.39, 0.29) is 41.9 Å². The molecule has 4 N–H and O–H groups in total. The highest BCUT2D eigenvalue weighted by Crippen LogP contribution is 2.23. The maximum absolute atomic E-state index is 12.7. The molecule has 0 spiro atoms. The second-order valence-corrected chi connectivity index (χ2v) is 11.1. The normalized spacial score (nSPS) is 13.2. The van der Waals surface area contributed by atoms with Gasteiger partial charge in [-0.15, -0.1) is 0 Å². The molecule has 0 saturated carbocycles. The van der Waals surface area contributed by atoms with Crippen molar-refractivity contribution in [3.8, 4) is 5.75 Å². The summed E-state index contributed by atoms with van der Waals surface area (Å²) in [4.78, 5) is 36.5. The van der Waals surface area contributed by atoms with Crippen molar-refractivity contribution in [1.82, 2.24) is 10.6 Å². The summed E-state index contributed by atoms with van der Waals surface area (Å²) in [5, 5.41) is 24.8. The molecule has 2 aromatic rings. The fourth-order valence-electron chi connectivity index (χ4n) is 3.99. The number of rotatable bonds is 12. The third-order valence-corrected chi connectivity index (χ3v) is 5.77. The van der Waals surface area contributed by atoms with Gasteiger partial charge in [0.05, 0.1) is 6.04 Å². The highest BCUT2D eigenvalue weighted by Gasteiger charge is 2.23. The largest absolute Gasteiger partial charge is 0.508 e. The molecule has 0 radical (unpaired) electrons. The Morgan fingerprint density at radius 2 is 1.44 bits per heavy atom. The molecule has 0 aliphatic heterocycles. The summed E-state index contributed by atoms with van der Waals surface area (Å²) in [6.07, 6.45) is 2.12. The molecule has 2 atom stereocenters. The van der Waals surface area contributed by atoms with E-state index in [9.17, 15) is 24.6 Å². The zero-order chi connectivity index (χ0) is 26.9. The van der Waals surface area contributed by atoms with Gasteiger partial charge in [0.15, 0.2) is 0 Å². The number of carbonyl (C=O) groups is 3. The number of carbonyl (C=O) groups excluding carboxylic acids is 2. The molecule has 7 nitrogen and oxygen atoms in total. The molecular formula is C29H40N2O5. The second-order valence-electron chi connectivity index (χ2n) is 11.1. The number of hydrogen-bond donors (Lipinski definition) is 4. The van der Waals surface area contributed by atoms with Gasteiger partial charge in [-0.1, -0.05) is 71.0 Å². The Kier molecular flexibility index (Phi) is 10.5. The predicted molar refractivity (Wildman–Crippen MR) is 141 cm³/mol. The van der Waals surface area contributed by atoms with Crippen molar-refractivity contribution in [2.24, 2.45) is 11.3 Å². The van der Waals surface area contributed by atoms with Crippen LogP contribution in [-0.4, -0.2) is 34.0 Å². The van der Waals surface area contributed by atoms with Crippen molar-refractivity contribution in [2.75, 3.05) is 0 Å². The topological polar surface area (TPSA) is 116 Å². The Hall–Kier alpha value is -3.35. The summed E-state index contributed by atoms with van der Waals surface area (Å²) >= 11 is 0. The predicted octanol–water partition coefficient (Wildman–Crippen LogP) is 4.78. The molecular weight excluding hydrogens is 456 g/mol. The number of hydrogen-bond acceptors (Lipinski definition) is 4. The van der Waals surface area contributed by atoms with Crippen molar-refractivity contribution >= 4 is 17.8 Å². The third-order valence-electron chi connectivity index (χ3n) is 5.77. The highest BCUT2D eigenvalue weighted by atomic mass is 16.4. The molecule has 2 amide bonds. The number of amides is 2. The zero-order valence-corrected chi connectivity index (χ0v) is 22.0. The van der Waals surface area contributed by atoms with E-state index in [0.717, 1.165) is 23.1 Å². The number of carboxylic acids is 1. The molecule has 0 aromatic heterocycles. The molecule has 0 aliphatic rings. The first-order chi connectivity index (χ1) is 16.8. The average Bonchev–Trinajstić information content (AvgIpc) is 2.76. The SMILES string of the molecule is CC(C)CC(NC(=O)CCc1ccc(CC(NC(=O)CC(C)(C)C)C(=O)O)cc1)c1ccc(O)cc1. The fraction of sp³-hybridized carbons (Fsp3) is 0.483. The molecule has 196 valence electrons. The van der Waals surface area contributed by atoms with Crippen molar-refractivity contribution < 1.29 is 24.6 Å². The van der Waals surface area contributed by atoms with Gasteiger partial charge in [0.2, 0.25) is 11.8 Å². The number of phenols is 1. The summed E-state index contributed by atoms with van der Waals surface area (Å²) in [5.41, 5.74) is 2.51. The van der Waals surface area contributed by atoms with Gasteiger partial charge in [0.1, 0.15) is 11.8 Å². The van der Waals surface area contributed by atoms with Crippen LogP contribution in [0.1, 0.15) is 76.6 Å². The van der Waals surface area contributed by atoms with Gasteiger partial charge >= 0.3 is 5.97 Å². The van der Waals surface area contributed by atoms with E-state index in [4.69, 9.17) is 0 Å². The minimum absolute atomic E-state index is 0.0506. The van der Waals surface area contributed by atoms with Gasteiger partial charge in [0.25, 0.3) is 0 Å². The van der Waals surface area contributed by atoms with Crippen LogP contribution in [0.4, 0.5) is 0 Å². The second kappa shape index (κ2) is 13.1. The van der Waals surface area contributed by atoms with E-state index in [1.807, 2.05) is 57.2 Å². The van der Waals surface area contributed by atoms with E-state index in [1.165, 1.54) is 0 Å². The first-order valence-electron chi connectivity index (χ1n) is 12.5. The van der Waals surface area contributed by atoms with Gasteiger partial charge in [-0.3, -0.25) is 9.59 Å². The Balaban J connectivity index is 1.92. The third kappa shape index (κ3) is 10.5. The molecule has 0 saturated heterocycles. The number of benzene rings is 2. The standard InChI is InChI=1S/C29H40N2O5/c1-19(2)16-24(22-11-13-23(32)14-12-22)30-26(33)15-10-20-6-8-21(9-7-20)17-25(28(35)36)31-27(34)18-29(3,4)5/h6-9,11-14,19,24-25,32H,10,15-18H2,1-5H3,(H,30,33)(H,31,34)(H,35,36). The van der Waals surface area contributed by atoms with Crippen LogP contribution in [0.15, 0.2) is 48.5 Å². The molecule has 2 rings (SSSR count). The summed E-state index contributed by atoms with van der Waals surface area (Å²) in [6, 6.07) is 13.3. The monoisotopic (exact) mass is 496 g/mol. The Bertz CT molecular complexity index is 1010. The molecule has 2 aromatic carbocycles. The smallest absolute Gasteiger partial charge is 0.326 e. The van der Waals surface area contributed by atoms with Crippen LogP contribution in [0.25, 0.3) is 0 Å². The van der Waals surface area contributed by atoms with E-state index in [1.54, 1.807) is 12.1 Å². The molecule has 2 unspecified atom stereocenters. The quantitative estimate of drug-likeness (QED) is 0.338. The van der Waals surface area contributed by atoms with Crippen LogP contribution < -0.4 is 10.6 Å². The molecule has 0 bridgehead atoms. The summed E-state index contributed by atoms with van der Waals surface area (Å²) < 4.78 is 0. The lowest BCUT2D eigenvalue weighted by Crippen LogP contribution is -2.43. The first kappa shape index (κ1) is 28.9. The van der Waals surface area contributed by atoms with Crippen molar-refractivity contribution in [1.29, 1.82) is 0 Å². The number of aryl methyl sites for hydroxylation is 1. The molecule has 0 aliphatic carbocycles. The van der Waals surface area contributed by atoms with Gasteiger partial charge in [-0.25, -0.2) is 4.79 Å². The number of carboxylic acid groups (broad SMARTS) is 1. The van der Waals surface area contributed by atoms with Gasteiger partial charge in [-0.2, -0.15) is 0 Å². The van der Waals surface area contributed by atoms with Crippen LogP contribution in [0.5, 0.6) is 5.75 Å². The summed E-state index contributed by atoms with van der Waals surface area (Å²) in [7, 11) is 0. The van der Waals surface area contributed by atoms with E-state index in [2.05, 4.69) is 24.5 Å². The maximum Gasteiger partial charge on any atom is 0.326 e. The Morgan fingerprint density at radius 3 is 1.97 bits per heavy atom. The lowest BCUT2D eigenvalue weighted by molar-refractivity contribution is -0.142. The first-order valence-corrected chi connectivity index (χ1v) is 12.5. The molecule has 36 heavy (non-hydrogen) atoms. The van der Waals surface area contributed by atoms with E-state index in [0.29, 0.717) is 18.8 Å². The average molecular weight is 497 g/mol. The summed E-state index contributed by atoms with van der Waals surface area (Å²) in [5.74, 6) is -0.809. The molecule has 0 heterocycles. The number of nitrogens with one attached hydrogen (secondary N) is 2. The molecule has 7 heteroatoms. The lowest BCUT2D eigenvalue weighted by Gasteiger charge is -2.21. The Labute approximate surface area is 214 Å². The van der Waals surface area contributed by atoms with Crippen molar-refractivity contribution in [3.05, 3.63) is 65.2 Å². The minimum atomic E-state index is -1.07. The maximum atomic E-state index is 12.7. The summed E-state index contributed by atoms with van der Waals surface area (Å²) in [6.45, 7) is 10.00. The minimum Gasteiger partial charge on any atom is -0.508 e. The van der Waals surface area contributed by atoms with Gasteiger partial charge < -0.3 is 20.8 Å². The number of aliphatic carboxylic acids is 1. The Morgan fingerprint density at radius 1 is 0.861 bits per heavy atom. The van der Waals surface area contributed by atoms with Crippen LogP contribution in [0.2, 0.25) is 0 Å². The lowest BCUT2D eigenvalue weighted by atomic mass is 9.91. The van der Waals surface area contributed by atoms with Crippen LogP contribution >= 0.6 is 0 Å². The zero-order valence-electron chi connectivity index (χ0n) is 22.0. The van der Waals surface area contributed by atoms with Gasteiger partial charge in [0, 0.05) is 19.3 Å². The van der Waals surface area contributed by atoms with Crippen molar-refractivity contribution in [3.63, 3.8) is 0 Å². The van der Waals surface area contributed by atoms with Crippen LogP contribution in [-0.2, 0) is 27.2 Å². The van der Waals surface area contributed by atoms with E-state index >= 15 is 0 Å². The van der Waals surface area contributed by atoms with Gasteiger partial charge in [-0.05, 0) is 53.0 Å².